The van der Waals surface area contributed by atoms with E-state index in [1.165, 1.54) is 38.5 Å². The Bertz CT molecular complexity index is 888. The molecule has 1 fully saturated rings. The summed E-state index contributed by atoms with van der Waals surface area (Å²) in [7, 11) is 0. The molecule has 3 aromatic heterocycles. The molecule has 0 atom stereocenters. The number of aromatic nitrogens is 5. The van der Waals surface area contributed by atoms with Crippen molar-refractivity contribution in [2.75, 3.05) is 5.32 Å². The number of carbonyl (C=O) groups excluding carboxylic acids is 1. The third kappa shape index (κ3) is 3.14. The molecule has 130 valence electrons. The summed E-state index contributed by atoms with van der Waals surface area (Å²) in [6, 6.07) is 3.75. The molecule has 1 aliphatic rings. The SMILES string of the molecule is Cc1nn2cccnc2c1C(=O)Nc1cc(C2CCCCCC2)[nH]n1. The van der Waals surface area contributed by atoms with Crippen LogP contribution in [0.25, 0.3) is 5.65 Å². The minimum Gasteiger partial charge on any atom is -0.305 e. The minimum absolute atomic E-state index is 0.231. The second-order valence-corrected chi connectivity index (χ2v) is 6.70. The van der Waals surface area contributed by atoms with Crippen LogP contribution in [0, 0.1) is 6.92 Å². The maximum atomic E-state index is 12.7. The monoisotopic (exact) mass is 338 g/mol. The molecule has 0 spiro atoms. The van der Waals surface area contributed by atoms with E-state index in [1.54, 1.807) is 23.0 Å². The van der Waals surface area contributed by atoms with Crippen LogP contribution >= 0.6 is 0 Å². The maximum absolute atomic E-state index is 12.7. The number of anilines is 1. The molecule has 25 heavy (non-hydrogen) atoms. The molecule has 4 rings (SSSR count). The average Bonchev–Trinajstić information content (AvgIpc) is 3.08. The van der Waals surface area contributed by atoms with Gasteiger partial charge in [-0.25, -0.2) is 9.50 Å². The molecule has 1 aliphatic carbocycles. The highest BCUT2D eigenvalue weighted by molar-refractivity contribution is 6.08. The van der Waals surface area contributed by atoms with Gasteiger partial charge in [0.15, 0.2) is 11.5 Å². The van der Waals surface area contributed by atoms with Crippen molar-refractivity contribution in [1.29, 1.82) is 0 Å². The van der Waals surface area contributed by atoms with Gasteiger partial charge in [-0.2, -0.15) is 10.2 Å². The van der Waals surface area contributed by atoms with E-state index in [4.69, 9.17) is 0 Å². The Kier molecular flexibility index (Phi) is 4.21. The Balaban J connectivity index is 1.54. The Morgan fingerprint density at radius 1 is 1.28 bits per heavy atom. The van der Waals surface area contributed by atoms with Crippen molar-refractivity contribution < 1.29 is 4.79 Å². The van der Waals surface area contributed by atoms with Crippen LogP contribution in [-0.4, -0.2) is 30.7 Å². The van der Waals surface area contributed by atoms with Crippen LogP contribution in [-0.2, 0) is 0 Å². The lowest BCUT2D eigenvalue weighted by Crippen LogP contribution is -2.13. The predicted molar refractivity (Wildman–Crippen MR) is 94.7 cm³/mol. The van der Waals surface area contributed by atoms with Crippen molar-refractivity contribution >= 4 is 17.4 Å². The first-order valence-corrected chi connectivity index (χ1v) is 8.89. The van der Waals surface area contributed by atoms with Gasteiger partial charge in [-0.15, -0.1) is 0 Å². The Labute approximate surface area is 145 Å². The van der Waals surface area contributed by atoms with Gasteiger partial charge in [0.2, 0.25) is 0 Å². The smallest absolute Gasteiger partial charge is 0.262 e. The summed E-state index contributed by atoms with van der Waals surface area (Å²) in [5.74, 6) is 0.838. The van der Waals surface area contributed by atoms with Crippen LogP contribution in [0.2, 0.25) is 0 Å². The van der Waals surface area contributed by atoms with E-state index >= 15 is 0 Å². The molecule has 0 unspecified atom stereocenters. The first kappa shape index (κ1) is 15.8. The van der Waals surface area contributed by atoms with E-state index in [0.29, 0.717) is 28.6 Å². The summed E-state index contributed by atoms with van der Waals surface area (Å²) in [5, 5.41) is 14.6. The molecule has 1 saturated carbocycles. The largest absolute Gasteiger partial charge is 0.305 e. The molecular formula is C18H22N6O. The van der Waals surface area contributed by atoms with Crippen LogP contribution in [0.4, 0.5) is 5.82 Å². The Morgan fingerprint density at radius 2 is 2.08 bits per heavy atom. The van der Waals surface area contributed by atoms with Gasteiger partial charge in [-0.3, -0.25) is 9.89 Å². The average molecular weight is 338 g/mol. The lowest BCUT2D eigenvalue weighted by molar-refractivity contribution is 0.102. The number of nitrogens with zero attached hydrogens (tertiary/aromatic N) is 4. The van der Waals surface area contributed by atoms with Crippen molar-refractivity contribution in [2.45, 2.75) is 51.4 Å². The van der Waals surface area contributed by atoms with Gasteiger partial charge in [0, 0.05) is 30.1 Å². The quantitative estimate of drug-likeness (QED) is 0.716. The van der Waals surface area contributed by atoms with Crippen molar-refractivity contribution in [3.63, 3.8) is 0 Å². The van der Waals surface area contributed by atoms with Crippen LogP contribution in [0.15, 0.2) is 24.5 Å². The number of aromatic amines is 1. The van der Waals surface area contributed by atoms with Gasteiger partial charge < -0.3 is 5.32 Å². The van der Waals surface area contributed by atoms with Gasteiger partial charge in [0.1, 0.15) is 5.56 Å². The molecule has 0 aromatic carbocycles. The number of aryl methyl sites for hydroxylation is 1. The van der Waals surface area contributed by atoms with Crippen LogP contribution < -0.4 is 5.32 Å². The highest BCUT2D eigenvalue weighted by atomic mass is 16.1. The van der Waals surface area contributed by atoms with E-state index in [2.05, 4.69) is 25.6 Å². The van der Waals surface area contributed by atoms with Gasteiger partial charge in [0.05, 0.1) is 5.69 Å². The van der Waals surface area contributed by atoms with Gasteiger partial charge in [-0.05, 0) is 25.8 Å². The van der Waals surface area contributed by atoms with E-state index < -0.39 is 0 Å². The van der Waals surface area contributed by atoms with Crippen LogP contribution in [0.1, 0.15) is 66.2 Å². The summed E-state index contributed by atoms with van der Waals surface area (Å²) >= 11 is 0. The summed E-state index contributed by atoms with van der Waals surface area (Å²) in [6.07, 6.45) is 11.0. The Hall–Kier alpha value is -2.70. The number of hydrogen-bond acceptors (Lipinski definition) is 4. The first-order valence-electron chi connectivity index (χ1n) is 8.89. The lowest BCUT2D eigenvalue weighted by atomic mass is 9.97. The van der Waals surface area contributed by atoms with Crippen molar-refractivity contribution in [3.05, 3.63) is 41.5 Å². The number of nitrogens with one attached hydrogen (secondary N) is 2. The van der Waals surface area contributed by atoms with Crippen molar-refractivity contribution in [1.82, 2.24) is 24.8 Å². The van der Waals surface area contributed by atoms with Crippen LogP contribution in [0.3, 0.4) is 0 Å². The number of rotatable bonds is 3. The van der Waals surface area contributed by atoms with E-state index in [0.717, 1.165) is 5.69 Å². The molecule has 0 radical (unpaired) electrons. The predicted octanol–water partition coefficient (Wildman–Crippen LogP) is 3.45. The van der Waals surface area contributed by atoms with Gasteiger partial charge in [-0.1, -0.05) is 25.7 Å². The molecule has 0 aliphatic heterocycles. The minimum atomic E-state index is -0.231. The zero-order valence-electron chi connectivity index (χ0n) is 14.3. The van der Waals surface area contributed by atoms with E-state index in [1.807, 2.05) is 13.0 Å². The molecule has 0 bridgehead atoms. The summed E-state index contributed by atoms with van der Waals surface area (Å²) in [5.41, 5.74) is 2.80. The molecule has 7 heteroatoms. The third-order valence-corrected chi connectivity index (χ3v) is 4.93. The van der Waals surface area contributed by atoms with Crippen molar-refractivity contribution in [2.24, 2.45) is 0 Å². The zero-order valence-corrected chi connectivity index (χ0v) is 14.3. The summed E-state index contributed by atoms with van der Waals surface area (Å²) in [4.78, 5) is 17.0. The number of fused-ring (bicyclic) bond motifs is 1. The fourth-order valence-corrected chi connectivity index (χ4v) is 3.64. The second-order valence-electron chi connectivity index (χ2n) is 6.70. The molecule has 3 heterocycles. The number of hydrogen-bond donors (Lipinski definition) is 2. The highest BCUT2D eigenvalue weighted by Gasteiger charge is 2.21. The Morgan fingerprint density at radius 3 is 2.88 bits per heavy atom. The molecule has 2 N–H and O–H groups in total. The fourth-order valence-electron chi connectivity index (χ4n) is 3.64. The lowest BCUT2D eigenvalue weighted by Gasteiger charge is -2.10. The summed E-state index contributed by atoms with van der Waals surface area (Å²) < 4.78 is 1.62. The number of H-pyrrole nitrogens is 1. The van der Waals surface area contributed by atoms with E-state index in [9.17, 15) is 4.79 Å². The molecular weight excluding hydrogens is 316 g/mol. The van der Waals surface area contributed by atoms with E-state index in [-0.39, 0.29) is 5.91 Å². The van der Waals surface area contributed by atoms with Gasteiger partial charge >= 0.3 is 0 Å². The van der Waals surface area contributed by atoms with Crippen LogP contribution in [0.5, 0.6) is 0 Å². The number of amides is 1. The van der Waals surface area contributed by atoms with Crippen molar-refractivity contribution in [3.8, 4) is 0 Å². The van der Waals surface area contributed by atoms with Gasteiger partial charge in [0.25, 0.3) is 5.91 Å². The maximum Gasteiger partial charge on any atom is 0.262 e. The normalized spacial score (nSPS) is 16.0. The zero-order chi connectivity index (χ0) is 17.2. The topological polar surface area (TPSA) is 88.0 Å². The fraction of sp³-hybridized carbons (Fsp3) is 0.444. The second kappa shape index (κ2) is 6.66. The molecule has 0 saturated heterocycles. The molecule has 1 amide bonds. The highest BCUT2D eigenvalue weighted by Crippen LogP contribution is 2.31. The third-order valence-electron chi connectivity index (χ3n) is 4.93. The molecule has 3 aromatic rings. The molecule has 7 nitrogen and oxygen atoms in total. The number of carbonyl (C=O) groups is 1. The summed E-state index contributed by atoms with van der Waals surface area (Å²) in [6.45, 7) is 1.81. The first-order chi connectivity index (χ1) is 12.2. The standard InChI is InChI=1S/C18H22N6O/c1-12-16(17-19-9-6-10-24(17)23-12)18(25)20-15-11-14(21-22-15)13-7-4-2-3-5-8-13/h6,9-11,13H,2-5,7-8H2,1H3,(H2,20,21,22,25).